The van der Waals surface area contributed by atoms with E-state index in [1.807, 2.05) is 0 Å². The Balaban J connectivity index is 1.22. The lowest BCUT2D eigenvalue weighted by Crippen LogP contribution is -2.21. The van der Waals surface area contributed by atoms with Crippen LogP contribution in [0.25, 0.3) is 21.5 Å². The fourth-order valence-corrected chi connectivity index (χ4v) is 12.4. The van der Waals surface area contributed by atoms with Gasteiger partial charge in [-0.15, -0.1) is 0 Å². The lowest BCUT2D eigenvalue weighted by atomic mass is 10.1. The molecule has 6 aromatic carbocycles. The van der Waals surface area contributed by atoms with E-state index in [0.29, 0.717) is 0 Å². The van der Waals surface area contributed by atoms with Crippen molar-refractivity contribution in [3.63, 3.8) is 0 Å². The van der Waals surface area contributed by atoms with E-state index in [2.05, 4.69) is 10.6 Å². The van der Waals surface area contributed by atoms with Crippen molar-refractivity contribution in [3.05, 3.63) is 96.1 Å². The Hall–Kier alpha value is -5.97. The highest BCUT2D eigenvalue weighted by molar-refractivity contribution is 7.94. The average molecular weight is 839 g/mol. The Morgan fingerprint density at radius 3 is 1.25 bits per heavy atom. The van der Waals surface area contributed by atoms with Crippen LogP contribution in [0.2, 0.25) is 0 Å². The number of rotatable bonds is 6. The third-order valence-electron chi connectivity index (χ3n) is 9.44. The Bertz CT molecular complexity index is 3050. The molecule has 0 saturated heterocycles. The number of nitrogens with zero attached hydrogens (tertiary/aromatic N) is 2. The standard InChI is InChI=1S/C35H26N4O13S4/c1-17-3-9-27-31(33(17)53(43,44)38(27)25-11-13-29(55(47,48)49)23-15-19(40)5-7-21(23)25)36-35(42)37-32-28-10-4-18(2)34(32)54(45,46)39(28)26-12-14-30(56(50,51)52)24-16-20(41)6-8-22(24)26/h3-16,40-41H,1-2H3,(H2,36,37,42)(H,47,48,49)(H,50,51,52). The van der Waals surface area contributed by atoms with Crippen molar-refractivity contribution in [2.75, 3.05) is 19.2 Å². The summed E-state index contributed by atoms with van der Waals surface area (Å²) in [5.41, 5.74) is -0.285. The fourth-order valence-electron chi connectivity index (χ4n) is 7.21. The molecule has 4 bridgehead atoms. The number of nitrogens with one attached hydrogen (secondary N) is 2. The van der Waals surface area contributed by atoms with Gasteiger partial charge in [-0.3, -0.25) is 9.11 Å². The van der Waals surface area contributed by atoms with Gasteiger partial charge in [-0.1, -0.05) is 12.1 Å². The summed E-state index contributed by atoms with van der Waals surface area (Å²) in [6, 6.07) is 16.0. The number of hydrogen-bond donors (Lipinski definition) is 6. The molecule has 0 spiro atoms. The van der Waals surface area contributed by atoms with Crippen LogP contribution >= 0.6 is 0 Å². The normalized spacial score (nSPS) is 15.4. The zero-order valence-electron chi connectivity index (χ0n) is 28.6. The molecule has 0 saturated carbocycles. The number of fused-ring (bicyclic) bond motifs is 6. The number of benzene rings is 6. The minimum absolute atomic E-state index is 0.00888. The molecule has 0 aliphatic carbocycles. The number of sulfonamides is 2. The van der Waals surface area contributed by atoms with Crippen molar-refractivity contribution < 1.29 is 57.8 Å². The number of carbonyl (C=O) groups excluding carboxylic acids is 1. The van der Waals surface area contributed by atoms with E-state index in [9.17, 15) is 57.8 Å². The molecule has 0 fully saturated rings. The molecule has 2 aliphatic rings. The lowest BCUT2D eigenvalue weighted by Gasteiger charge is -2.21. The first-order valence-electron chi connectivity index (χ1n) is 16.0. The molecule has 6 N–H and O–H groups in total. The van der Waals surface area contributed by atoms with Crippen LogP contribution in [0, 0.1) is 13.8 Å². The second-order valence-electron chi connectivity index (χ2n) is 12.9. The van der Waals surface area contributed by atoms with Gasteiger partial charge in [0.25, 0.3) is 40.3 Å². The van der Waals surface area contributed by atoms with Gasteiger partial charge in [0, 0.05) is 21.5 Å². The molecule has 0 unspecified atom stereocenters. The van der Waals surface area contributed by atoms with E-state index < -0.39 is 56.1 Å². The molecular weight excluding hydrogens is 813 g/mol. The first-order chi connectivity index (χ1) is 26.1. The summed E-state index contributed by atoms with van der Waals surface area (Å²) in [4.78, 5) is 12.1. The van der Waals surface area contributed by atoms with Gasteiger partial charge in [-0.25, -0.2) is 30.2 Å². The van der Waals surface area contributed by atoms with Crippen molar-refractivity contribution in [3.8, 4) is 11.5 Å². The van der Waals surface area contributed by atoms with Gasteiger partial charge in [0.1, 0.15) is 31.1 Å². The van der Waals surface area contributed by atoms with Crippen molar-refractivity contribution in [1.29, 1.82) is 0 Å². The molecule has 288 valence electrons. The topological polar surface area (TPSA) is 265 Å². The van der Waals surface area contributed by atoms with Crippen LogP contribution in [0.4, 0.5) is 38.9 Å². The summed E-state index contributed by atoms with van der Waals surface area (Å²) in [6.07, 6.45) is 0. The van der Waals surface area contributed by atoms with E-state index >= 15 is 0 Å². The zero-order chi connectivity index (χ0) is 40.4. The molecule has 8 rings (SSSR count). The van der Waals surface area contributed by atoms with Gasteiger partial charge < -0.3 is 20.8 Å². The van der Waals surface area contributed by atoms with Gasteiger partial charge >= 0.3 is 6.03 Å². The number of anilines is 6. The average Bonchev–Trinajstić information content (AvgIpc) is 3.34. The summed E-state index contributed by atoms with van der Waals surface area (Å²) in [6.45, 7) is 2.96. The van der Waals surface area contributed by atoms with Crippen LogP contribution in [0.15, 0.2) is 105 Å². The molecule has 0 radical (unpaired) electrons. The highest BCUT2D eigenvalue weighted by atomic mass is 32.2. The van der Waals surface area contributed by atoms with Crippen LogP contribution in [0.3, 0.4) is 0 Å². The maximum absolute atomic E-state index is 14.2. The number of aromatic hydroxyl groups is 2. The number of carbonyl (C=O) groups is 1. The summed E-state index contributed by atoms with van der Waals surface area (Å²) in [5, 5.41) is 25.0. The van der Waals surface area contributed by atoms with Crippen molar-refractivity contribution in [2.45, 2.75) is 33.4 Å². The molecule has 2 heterocycles. The van der Waals surface area contributed by atoms with E-state index in [1.54, 1.807) is 0 Å². The maximum atomic E-state index is 14.2. The third-order valence-corrected chi connectivity index (χ3v) is 15.1. The SMILES string of the molecule is Cc1ccc2c(NC(=O)Nc3c4ccc(C)c3S(=O)(=O)N4c3ccc(S(=O)(=O)O)c4cc(O)ccc34)c1S(=O)(=O)N2c1ccc(S(=O)(=O)O)c2cc(O)ccc12. The largest absolute Gasteiger partial charge is 0.508 e. The van der Waals surface area contributed by atoms with Gasteiger partial charge in [0.05, 0.1) is 34.1 Å². The van der Waals surface area contributed by atoms with E-state index in [4.69, 9.17) is 0 Å². The molecular formula is C35H26N4O13S4. The monoisotopic (exact) mass is 838 g/mol. The smallest absolute Gasteiger partial charge is 0.323 e. The number of phenols is 2. The Labute approximate surface area is 318 Å². The maximum Gasteiger partial charge on any atom is 0.323 e. The fraction of sp³-hybridized carbons (Fsp3) is 0.0571. The molecule has 6 aromatic rings. The summed E-state index contributed by atoms with van der Waals surface area (Å²) < 4.78 is 127. The zero-order valence-corrected chi connectivity index (χ0v) is 31.8. The third kappa shape index (κ3) is 5.42. The van der Waals surface area contributed by atoms with Crippen LogP contribution in [0.5, 0.6) is 11.5 Å². The minimum atomic E-state index is -4.82. The summed E-state index contributed by atoms with van der Waals surface area (Å²) in [5.74, 6) is -0.732. The Kier molecular flexibility index (Phi) is 7.93. The van der Waals surface area contributed by atoms with Crippen LogP contribution in [0.1, 0.15) is 11.1 Å². The molecule has 0 atom stereocenters. The first-order valence-corrected chi connectivity index (χ1v) is 21.8. The van der Waals surface area contributed by atoms with E-state index in [-0.39, 0.29) is 88.1 Å². The van der Waals surface area contributed by atoms with Crippen molar-refractivity contribution >= 4 is 102 Å². The highest BCUT2D eigenvalue weighted by Gasteiger charge is 2.44. The predicted molar refractivity (Wildman–Crippen MR) is 205 cm³/mol. The summed E-state index contributed by atoms with van der Waals surface area (Å²) >= 11 is 0. The number of urea groups is 1. The molecule has 2 aliphatic heterocycles. The van der Waals surface area contributed by atoms with Gasteiger partial charge in [-0.2, -0.15) is 16.8 Å². The van der Waals surface area contributed by atoms with Crippen molar-refractivity contribution in [2.24, 2.45) is 0 Å². The predicted octanol–water partition coefficient (Wildman–Crippen LogP) is 5.84. The Morgan fingerprint density at radius 2 is 0.893 bits per heavy atom. The second kappa shape index (κ2) is 12.0. The van der Waals surface area contributed by atoms with Crippen LogP contribution in [-0.2, 0) is 40.3 Å². The number of hydrogen-bond acceptors (Lipinski definition) is 11. The van der Waals surface area contributed by atoms with E-state index in [1.165, 1.54) is 62.4 Å². The van der Waals surface area contributed by atoms with Crippen LogP contribution in [-0.4, -0.2) is 59.0 Å². The van der Waals surface area contributed by atoms with Crippen molar-refractivity contribution in [1.82, 2.24) is 0 Å². The van der Waals surface area contributed by atoms with Gasteiger partial charge in [0.2, 0.25) is 0 Å². The quantitative estimate of drug-likeness (QED) is 0.108. The lowest BCUT2D eigenvalue weighted by molar-refractivity contribution is 0.262. The number of phenolic OH excluding ortho intramolecular Hbond substituents is 2. The molecule has 17 nitrogen and oxygen atoms in total. The second-order valence-corrected chi connectivity index (χ2v) is 19.1. The molecule has 21 heteroatoms. The Morgan fingerprint density at radius 1 is 0.536 bits per heavy atom. The molecule has 0 aromatic heterocycles. The van der Waals surface area contributed by atoms with E-state index in [0.717, 1.165) is 45.0 Å². The molecule has 56 heavy (non-hydrogen) atoms. The van der Waals surface area contributed by atoms with Gasteiger partial charge in [-0.05, 0) is 97.8 Å². The summed E-state index contributed by atoms with van der Waals surface area (Å²) in [7, 11) is -18.7. The highest BCUT2D eigenvalue weighted by Crippen LogP contribution is 2.53. The number of amides is 2. The number of aryl methyl sites for hydroxylation is 2. The first kappa shape index (κ1) is 37.0. The molecule has 2 amide bonds. The minimum Gasteiger partial charge on any atom is -0.508 e. The van der Waals surface area contributed by atoms with Gasteiger partial charge in [0.15, 0.2) is 0 Å². The van der Waals surface area contributed by atoms with Crippen LogP contribution < -0.4 is 19.2 Å².